The van der Waals surface area contributed by atoms with Gasteiger partial charge in [0.15, 0.2) is 0 Å². The number of benzene rings is 1. The molecular formula is C18H21N3O. The first-order chi connectivity index (χ1) is 10.6. The Labute approximate surface area is 131 Å². The van der Waals surface area contributed by atoms with Gasteiger partial charge in [-0.3, -0.25) is 9.78 Å². The molecule has 1 aliphatic heterocycles. The molecule has 0 saturated carbocycles. The Morgan fingerprint density at radius 2 is 1.91 bits per heavy atom. The third kappa shape index (κ3) is 3.11. The van der Waals surface area contributed by atoms with E-state index in [-0.39, 0.29) is 5.91 Å². The first-order valence-electron chi connectivity index (χ1n) is 7.72. The third-order valence-electron chi connectivity index (χ3n) is 4.04. The largest absolute Gasteiger partial charge is 0.354 e. The van der Waals surface area contributed by atoms with E-state index in [0.29, 0.717) is 5.56 Å². The maximum Gasteiger partial charge on any atom is 0.255 e. The van der Waals surface area contributed by atoms with Gasteiger partial charge in [-0.15, -0.1) is 0 Å². The number of hydrogen-bond donors (Lipinski definition) is 1. The molecule has 1 aliphatic rings. The lowest BCUT2D eigenvalue weighted by atomic mass is 10.1. The number of pyridine rings is 1. The van der Waals surface area contributed by atoms with Crippen LogP contribution in [0.15, 0.2) is 36.7 Å². The van der Waals surface area contributed by atoms with E-state index in [2.05, 4.69) is 42.3 Å². The van der Waals surface area contributed by atoms with Crippen molar-refractivity contribution in [1.82, 2.24) is 9.88 Å². The van der Waals surface area contributed by atoms with Crippen LogP contribution < -0.4 is 5.32 Å². The Morgan fingerprint density at radius 3 is 2.64 bits per heavy atom. The van der Waals surface area contributed by atoms with Gasteiger partial charge in [-0.25, -0.2) is 0 Å². The molecule has 0 bridgehead atoms. The van der Waals surface area contributed by atoms with Crippen LogP contribution in [0.2, 0.25) is 0 Å². The van der Waals surface area contributed by atoms with Crippen molar-refractivity contribution >= 4 is 17.3 Å². The smallest absolute Gasteiger partial charge is 0.255 e. The maximum atomic E-state index is 12.4. The number of amides is 1. The molecule has 1 N–H and O–H groups in total. The summed E-state index contributed by atoms with van der Waals surface area (Å²) in [7, 11) is 0. The number of aromatic nitrogens is 1. The molecule has 1 amide bonds. The van der Waals surface area contributed by atoms with Crippen molar-refractivity contribution in [1.29, 1.82) is 0 Å². The highest BCUT2D eigenvalue weighted by molar-refractivity contribution is 5.95. The van der Waals surface area contributed by atoms with Crippen molar-refractivity contribution in [3.8, 4) is 0 Å². The number of likely N-dealkylation sites (tertiary alicyclic amines) is 1. The Kier molecular flexibility index (Phi) is 4.09. The third-order valence-corrected chi connectivity index (χ3v) is 4.04. The molecule has 0 spiro atoms. The van der Waals surface area contributed by atoms with Crippen LogP contribution in [0.5, 0.6) is 0 Å². The number of rotatable bonds is 3. The Morgan fingerprint density at radius 1 is 1.14 bits per heavy atom. The maximum absolute atomic E-state index is 12.4. The molecular weight excluding hydrogens is 274 g/mol. The lowest BCUT2D eigenvalue weighted by molar-refractivity contribution is 0.0792. The van der Waals surface area contributed by atoms with Crippen molar-refractivity contribution in [3.63, 3.8) is 0 Å². The van der Waals surface area contributed by atoms with E-state index < -0.39 is 0 Å². The van der Waals surface area contributed by atoms with E-state index in [9.17, 15) is 4.79 Å². The van der Waals surface area contributed by atoms with Crippen LogP contribution in [0.25, 0.3) is 0 Å². The molecule has 1 saturated heterocycles. The molecule has 3 rings (SSSR count). The Bertz CT molecular complexity index is 690. The lowest BCUT2D eigenvalue weighted by Crippen LogP contribution is -2.27. The minimum atomic E-state index is 0.0780. The highest BCUT2D eigenvalue weighted by atomic mass is 16.2. The molecule has 114 valence electrons. The van der Waals surface area contributed by atoms with Gasteiger partial charge >= 0.3 is 0 Å². The summed E-state index contributed by atoms with van der Waals surface area (Å²) < 4.78 is 0. The van der Waals surface area contributed by atoms with Gasteiger partial charge in [0, 0.05) is 25.0 Å². The summed E-state index contributed by atoms with van der Waals surface area (Å²) in [5.41, 5.74) is 4.95. The van der Waals surface area contributed by atoms with Crippen molar-refractivity contribution < 1.29 is 4.79 Å². The van der Waals surface area contributed by atoms with Gasteiger partial charge in [0.05, 0.1) is 17.4 Å². The van der Waals surface area contributed by atoms with Gasteiger partial charge in [0.2, 0.25) is 0 Å². The van der Waals surface area contributed by atoms with Crippen LogP contribution in [0, 0.1) is 13.8 Å². The zero-order valence-electron chi connectivity index (χ0n) is 13.1. The molecule has 0 aliphatic carbocycles. The summed E-state index contributed by atoms with van der Waals surface area (Å²) in [4.78, 5) is 18.5. The van der Waals surface area contributed by atoms with E-state index in [0.717, 1.165) is 37.3 Å². The zero-order chi connectivity index (χ0) is 15.5. The minimum absolute atomic E-state index is 0.0780. The SMILES string of the molecule is Cc1ccc(Nc2cncc(C(=O)N3CCCC3)c2)c(C)c1. The van der Waals surface area contributed by atoms with Crippen LogP contribution in [-0.2, 0) is 0 Å². The highest BCUT2D eigenvalue weighted by Crippen LogP contribution is 2.22. The summed E-state index contributed by atoms with van der Waals surface area (Å²) in [6.45, 7) is 5.86. The fourth-order valence-electron chi connectivity index (χ4n) is 2.84. The quantitative estimate of drug-likeness (QED) is 0.939. The highest BCUT2D eigenvalue weighted by Gasteiger charge is 2.19. The van der Waals surface area contributed by atoms with Crippen LogP contribution in [-0.4, -0.2) is 28.9 Å². The fraction of sp³-hybridized carbons (Fsp3) is 0.333. The second kappa shape index (κ2) is 6.18. The first kappa shape index (κ1) is 14.6. The van der Waals surface area contributed by atoms with E-state index in [1.165, 1.54) is 11.1 Å². The molecule has 2 aromatic rings. The van der Waals surface area contributed by atoms with E-state index >= 15 is 0 Å². The van der Waals surface area contributed by atoms with E-state index in [4.69, 9.17) is 0 Å². The predicted octanol–water partition coefficient (Wildman–Crippen LogP) is 3.68. The van der Waals surface area contributed by atoms with Crippen molar-refractivity contribution in [2.45, 2.75) is 26.7 Å². The number of anilines is 2. The molecule has 0 unspecified atom stereocenters. The molecule has 0 atom stereocenters. The van der Waals surface area contributed by atoms with Crippen LogP contribution in [0.1, 0.15) is 34.3 Å². The topological polar surface area (TPSA) is 45.2 Å². The number of aryl methyl sites for hydroxylation is 2. The first-order valence-corrected chi connectivity index (χ1v) is 7.72. The standard InChI is InChI=1S/C18H21N3O/c1-13-5-6-17(14(2)9-13)20-16-10-15(11-19-12-16)18(22)21-7-3-4-8-21/h5-6,9-12,20H,3-4,7-8H2,1-2H3. The van der Waals surface area contributed by atoms with Crippen LogP contribution in [0.3, 0.4) is 0 Å². The van der Waals surface area contributed by atoms with Gasteiger partial charge in [-0.2, -0.15) is 0 Å². The van der Waals surface area contributed by atoms with Crippen LogP contribution >= 0.6 is 0 Å². The minimum Gasteiger partial charge on any atom is -0.354 e. The Balaban J connectivity index is 1.80. The molecule has 4 heteroatoms. The average Bonchev–Trinajstić information content (AvgIpc) is 3.04. The van der Waals surface area contributed by atoms with Crippen molar-refractivity contribution in [2.75, 3.05) is 18.4 Å². The predicted molar refractivity (Wildman–Crippen MR) is 88.6 cm³/mol. The summed E-state index contributed by atoms with van der Waals surface area (Å²) in [5, 5.41) is 3.35. The number of nitrogens with zero attached hydrogens (tertiary/aromatic N) is 2. The van der Waals surface area contributed by atoms with Crippen molar-refractivity contribution in [3.05, 3.63) is 53.3 Å². The molecule has 22 heavy (non-hydrogen) atoms. The number of hydrogen-bond acceptors (Lipinski definition) is 3. The summed E-state index contributed by atoms with van der Waals surface area (Å²) in [5.74, 6) is 0.0780. The summed E-state index contributed by atoms with van der Waals surface area (Å²) in [6.07, 6.45) is 5.59. The molecule has 4 nitrogen and oxygen atoms in total. The lowest BCUT2D eigenvalue weighted by Gasteiger charge is -2.16. The number of carbonyl (C=O) groups is 1. The number of nitrogens with one attached hydrogen (secondary N) is 1. The van der Waals surface area contributed by atoms with Gasteiger partial charge in [0.25, 0.3) is 5.91 Å². The van der Waals surface area contributed by atoms with Crippen LogP contribution in [0.4, 0.5) is 11.4 Å². The van der Waals surface area contributed by atoms with Crippen molar-refractivity contribution in [2.24, 2.45) is 0 Å². The average molecular weight is 295 g/mol. The van der Waals surface area contributed by atoms with Gasteiger partial charge in [0.1, 0.15) is 0 Å². The fourth-order valence-corrected chi connectivity index (χ4v) is 2.84. The second-order valence-electron chi connectivity index (χ2n) is 5.90. The summed E-state index contributed by atoms with van der Waals surface area (Å²) in [6, 6.07) is 8.14. The van der Waals surface area contributed by atoms with E-state index in [1.807, 2.05) is 11.0 Å². The monoisotopic (exact) mass is 295 g/mol. The van der Waals surface area contributed by atoms with Gasteiger partial charge in [-0.1, -0.05) is 17.7 Å². The zero-order valence-corrected chi connectivity index (χ0v) is 13.1. The molecule has 2 heterocycles. The van der Waals surface area contributed by atoms with Gasteiger partial charge in [-0.05, 0) is 44.4 Å². The summed E-state index contributed by atoms with van der Waals surface area (Å²) >= 11 is 0. The molecule has 0 radical (unpaired) electrons. The van der Waals surface area contributed by atoms with Gasteiger partial charge < -0.3 is 10.2 Å². The molecule has 1 aromatic heterocycles. The molecule has 1 aromatic carbocycles. The normalized spacial score (nSPS) is 14.2. The van der Waals surface area contributed by atoms with E-state index in [1.54, 1.807) is 12.4 Å². The Hall–Kier alpha value is -2.36. The molecule has 1 fully saturated rings. The second-order valence-corrected chi connectivity index (χ2v) is 5.90. The number of carbonyl (C=O) groups excluding carboxylic acids is 1.